The molecule has 1 aliphatic heterocycles. The van der Waals surface area contributed by atoms with Gasteiger partial charge in [-0.25, -0.2) is 0 Å². The van der Waals surface area contributed by atoms with E-state index in [4.69, 9.17) is 0 Å². The van der Waals surface area contributed by atoms with Gasteiger partial charge in [-0.15, -0.1) is 11.8 Å². The molecule has 1 aliphatic rings. The molecule has 0 aliphatic carbocycles. The van der Waals surface area contributed by atoms with Gasteiger partial charge in [0, 0.05) is 17.0 Å². The van der Waals surface area contributed by atoms with E-state index in [0.717, 1.165) is 35.5 Å². The zero-order valence-corrected chi connectivity index (χ0v) is 13.3. The number of hydrogen-bond donors (Lipinski definition) is 1. The lowest BCUT2D eigenvalue weighted by Crippen LogP contribution is -2.29. The first-order valence-corrected chi connectivity index (χ1v) is 8.58. The van der Waals surface area contributed by atoms with Crippen molar-refractivity contribution in [3.8, 4) is 0 Å². The summed E-state index contributed by atoms with van der Waals surface area (Å²) in [6, 6.07) is 6.06. The molecule has 0 spiro atoms. The summed E-state index contributed by atoms with van der Waals surface area (Å²) in [5.74, 6) is 0.0554. The van der Waals surface area contributed by atoms with Gasteiger partial charge in [0.25, 0.3) is 5.91 Å². The third-order valence-corrected chi connectivity index (χ3v) is 4.55. The number of aryl methyl sites for hydroxylation is 1. The van der Waals surface area contributed by atoms with Crippen molar-refractivity contribution in [1.82, 2.24) is 10.2 Å². The molecule has 0 unspecified atom stereocenters. The van der Waals surface area contributed by atoms with Crippen LogP contribution in [-0.4, -0.2) is 43.2 Å². The summed E-state index contributed by atoms with van der Waals surface area (Å²) in [5, 5.41) is 3.04. The number of amides is 1. The largest absolute Gasteiger partial charge is 0.352 e. The van der Waals surface area contributed by atoms with E-state index >= 15 is 0 Å². The highest BCUT2D eigenvalue weighted by Gasteiger charge is 2.12. The molecule has 4 heteroatoms. The first kappa shape index (κ1) is 15.4. The normalized spacial score (nSPS) is 15.5. The summed E-state index contributed by atoms with van der Waals surface area (Å²) in [5.41, 5.74) is 1.85. The van der Waals surface area contributed by atoms with Crippen molar-refractivity contribution < 1.29 is 4.79 Å². The highest BCUT2D eigenvalue weighted by Crippen LogP contribution is 2.19. The number of carbonyl (C=O) groups excluding carboxylic acids is 1. The van der Waals surface area contributed by atoms with E-state index in [0.29, 0.717) is 0 Å². The van der Waals surface area contributed by atoms with E-state index in [-0.39, 0.29) is 5.91 Å². The van der Waals surface area contributed by atoms with Gasteiger partial charge < -0.3 is 10.2 Å². The Kier molecular flexibility index (Phi) is 5.92. The summed E-state index contributed by atoms with van der Waals surface area (Å²) in [4.78, 5) is 15.8. The fraction of sp³-hybridized carbons (Fsp3) is 0.562. The van der Waals surface area contributed by atoms with Gasteiger partial charge in [-0.3, -0.25) is 4.79 Å². The summed E-state index contributed by atoms with van der Waals surface area (Å²) in [6.45, 7) is 6.30. The maximum absolute atomic E-state index is 12.2. The molecule has 1 saturated heterocycles. The van der Waals surface area contributed by atoms with Crippen molar-refractivity contribution in [3.05, 3.63) is 29.3 Å². The molecule has 0 bridgehead atoms. The van der Waals surface area contributed by atoms with E-state index in [1.165, 1.54) is 25.9 Å². The van der Waals surface area contributed by atoms with Crippen molar-refractivity contribution in [2.24, 2.45) is 0 Å². The number of benzene rings is 1. The number of rotatable bonds is 6. The second kappa shape index (κ2) is 7.70. The molecule has 2 rings (SSSR count). The van der Waals surface area contributed by atoms with Gasteiger partial charge in [-0.05, 0) is 69.8 Å². The Morgan fingerprint density at radius 3 is 2.80 bits per heavy atom. The second-order valence-corrected chi connectivity index (χ2v) is 6.22. The molecule has 1 heterocycles. The van der Waals surface area contributed by atoms with Crippen LogP contribution in [0.25, 0.3) is 0 Å². The Morgan fingerprint density at radius 1 is 1.35 bits per heavy atom. The Bertz CT molecular complexity index is 456. The van der Waals surface area contributed by atoms with Gasteiger partial charge in [-0.2, -0.15) is 0 Å². The van der Waals surface area contributed by atoms with Crippen LogP contribution >= 0.6 is 11.8 Å². The minimum Gasteiger partial charge on any atom is -0.352 e. The summed E-state index contributed by atoms with van der Waals surface area (Å²) < 4.78 is 0. The molecule has 110 valence electrons. The molecule has 3 nitrogen and oxygen atoms in total. The van der Waals surface area contributed by atoms with Crippen molar-refractivity contribution in [2.75, 3.05) is 32.4 Å². The van der Waals surface area contributed by atoms with Gasteiger partial charge in [0.05, 0.1) is 0 Å². The van der Waals surface area contributed by atoms with E-state index in [1.54, 1.807) is 11.8 Å². The third kappa shape index (κ3) is 4.25. The number of likely N-dealkylation sites (tertiary alicyclic amines) is 1. The van der Waals surface area contributed by atoms with Crippen LogP contribution in [0.15, 0.2) is 23.1 Å². The second-order valence-electron chi connectivity index (χ2n) is 5.34. The maximum Gasteiger partial charge on any atom is 0.251 e. The number of nitrogens with zero attached hydrogens (tertiary/aromatic N) is 1. The minimum absolute atomic E-state index is 0.0554. The average molecular weight is 292 g/mol. The van der Waals surface area contributed by atoms with Crippen LogP contribution in [0, 0.1) is 6.92 Å². The fourth-order valence-corrected chi connectivity index (χ4v) is 3.02. The zero-order chi connectivity index (χ0) is 14.4. The first-order valence-electron chi connectivity index (χ1n) is 7.36. The highest BCUT2D eigenvalue weighted by atomic mass is 32.2. The number of carbonyl (C=O) groups is 1. The Labute approximate surface area is 126 Å². The van der Waals surface area contributed by atoms with E-state index < -0.39 is 0 Å². The molecule has 1 fully saturated rings. The van der Waals surface area contributed by atoms with Gasteiger partial charge in [0.1, 0.15) is 0 Å². The lowest BCUT2D eigenvalue weighted by Gasteiger charge is -2.14. The molecule has 1 aromatic rings. The van der Waals surface area contributed by atoms with Crippen LogP contribution in [-0.2, 0) is 0 Å². The maximum atomic E-state index is 12.2. The Hall–Kier alpha value is -1.00. The van der Waals surface area contributed by atoms with E-state index in [1.807, 2.05) is 25.3 Å². The lowest BCUT2D eigenvalue weighted by atomic mass is 10.1. The predicted octanol–water partition coefficient (Wildman–Crippen LogP) is 2.93. The molecule has 1 amide bonds. The van der Waals surface area contributed by atoms with Crippen LogP contribution < -0.4 is 5.32 Å². The topological polar surface area (TPSA) is 32.3 Å². The highest BCUT2D eigenvalue weighted by molar-refractivity contribution is 7.98. The van der Waals surface area contributed by atoms with Gasteiger partial charge in [-0.1, -0.05) is 6.07 Å². The summed E-state index contributed by atoms with van der Waals surface area (Å²) in [6.07, 6.45) is 5.72. The standard InChI is InChI=1S/C16H24N2OS/c1-13-6-7-14(20-2)12-15(13)16(19)17-8-5-11-18-9-3-4-10-18/h6-7,12H,3-5,8-11H2,1-2H3,(H,17,19). The molecule has 1 aromatic carbocycles. The molecule has 20 heavy (non-hydrogen) atoms. The van der Waals surface area contributed by atoms with Crippen LogP contribution in [0.5, 0.6) is 0 Å². The first-order chi connectivity index (χ1) is 9.70. The number of nitrogens with one attached hydrogen (secondary N) is 1. The van der Waals surface area contributed by atoms with Crippen LogP contribution in [0.2, 0.25) is 0 Å². The quantitative estimate of drug-likeness (QED) is 0.646. The number of hydrogen-bond acceptors (Lipinski definition) is 3. The van der Waals surface area contributed by atoms with Crippen LogP contribution in [0.3, 0.4) is 0 Å². The Morgan fingerprint density at radius 2 is 2.10 bits per heavy atom. The van der Waals surface area contributed by atoms with Gasteiger partial charge in [0.2, 0.25) is 0 Å². The van der Waals surface area contributed by atoms with Crippen molar-refractivity contribution in [2.45, 2.75) is 31.1 Å². The summed E-state index contributed by atoms with van der Waals surface area (Å²) in [7, 11) is 0. The molecule has 0 atom stereocenters. The fourth-order valence-electron chi connectivity index (χ4n) is 2.58. The molecular weight excluding hydrogens is 268 g/mol. The molecule has 0 saturated carbocycles. The summed E-state index contributed by atoms with van der Waals surface area (Å²) >= 11 is 1.67. The SMILES string of the molecule is CSc1ccc(C)c(C(=O)NCCCN2CCCC2)c1. The van der Waals surface area contributed by atoms with Crippen molar-refractivity contribution in [3.63, 3.8) is 0 Å². The zero-order valence-electron chi connectivity index (χ0n) is 12.4. The predicted molar refractivity (Wildman–Crippen MR) is 85.6 cm³/mol. The minimum atomic E-state index is 0.0554. The van der Waals surface area contributed by atoms with Gasteiger partial charge in [0.15, 0.2) is 0 Å². The van der Waals surface area contributed by atoms with Crippen LogP contribution in [0.4, 0.5) is 0 Å². The Balaban J connectivity index is 1.79. The molecule has 0 aromatic heterocycles. The molecular formula is C16H24N2OS. The molecule has 1 N–H and O–H groups in total. The van der Waals surface area contributed by atoms with Crippen molar-refractivity contribution in [1.29, 1.82) is 0 Å². The van der Waals surface area contributed by atoms with E-state index in [9.17, 15) is 4.79 Å². The van der Waals surface area contributed by atoms with Gasteiger partial charge >= 0.3 is 0 Å². The average Bonchev–Trinajstić information content (AvgIpc) is 2.97. The third-order valence-electron chi connectivity index (χ3n) is 3.82. The molecule has 0 radical (unpaired) electrons. The lowest BCUT2D eigenvalue weighted by molar-refractivity contribution is 0.0951. The smallest absolute Gasteiger partial charge is 0.251 e. The van der Waals surface area contributed by atoms with Crippen LogP contribution in [0.1, 0.15) is 35.2 Å². The monoisotopic (exact) mass is 292 g/mol. The number of thioether (sulfide) groups is 1. The van der Waals surface area contributed by atoms with Crippen molar-refractivity contribution >= 4 is 17.7 Å². The van der Waals surface area contributed by atoms with E-state index in [2.05, 4.69) is 16.3 Å².